The summed E-state index contributed by atoms with van der Waals surface area (Å²) in [6.07, 6.45) is 1.73. The van der Waals surface area contributed by atoms with Gasteiger partial charge in [-0.15, -0.1) is 11.3 Å². The average molecular weight is 380 g/mol. The lowest BCUT2D eigenvalue weighted by molar-refractivity contribution is -0.141. The molecule has 27 heavy (non-hydrogen) atoms. The summed E-state index contributed by atoms with van der Waals surface area (Å²) in [5.74, 6) is -0.285. The number of thiazole rings is 1. The lowest BCUT2D eigenvalue weighted by Crippen LogP contribution is -2.15. The van der Waals surface area contributed by atoms with E-state index in [4.69, 9.17) is 4.74 Å². The monoisotopic (exact) mass is 380 g/mol. The summed E-state index contributed by atoms with van der Waals surface area (Å²) in [5, 5.41) is 2.55. The molecule has 0 radical (unpaired) electrons. The number of ether oxygens (including phenoxy) is 1. The number of hydrogen-bond donors (Lipinski definition) is 0. The fourth-order valence-electron chi connectivity index (χ4n) is 2.48. The SMILES string of the molecule is CC(C)c1ccc(C(=O)COC(=O)Cc2csc(-c3ccccn3)n2)cc1. The van der Waals surface area contributed by atoms with Crippen LogP contribution in [0.3, 0.4) is 0 Å². The minimum atomic E-state index is -0.472. The molecule has 0 N–H and O–H groups in total. The van der Waals surface area contributed by atoms with E-state index in [1.807, 2.05) is 30.3 Å². The number of carbonyl (C=O) groups is 2. The van der Waals surface area contributed by atoms with Crippen molar-refractivity contribution >= 4 is 23.1 Å². The number of carbonyl (C=O) groups excluding carboxylic acids is 2. The molecule has 0 saturated heterocycles. The van der Waals surface area contributed by atoms with Crippen LogP contribution in [-0.2, 0) is 16.0 Å². The number of hydrogen-bond acceptors (Lipinski definition) is 6. The molecule has 0 unspecified atom stereocenters. The van der Waals surface area contributed by atoms with Gasteiger partial charge in [0, 0.05) is 17.1 Å². The van der Waals surface area contributed by atoms with Gasteiger partial charge in [0.05, 0.1) is 17.8 Å². The molecule has 0 saturated carbocycles. The van der Waals surface area contributed by atoms with E-state index in [2.05, 4.69) is 23.8 Å². The van der Waals surface area contributed by atoms with E-state index in [0.717, 1.165) is 16.3 Å². The summed E-state index contributed by atoms with van der Waals surface area (Å²) in [4.78, 5) is 32.8. The van der Waals surface area contributed by atoms with Crippen LogP contribution in [0.2, 0.25) is 0 Å². The number of Topliss-reactive ketones (excluding diaryl/α,β-unsaturated/α-hetero) is 1. The topological polar surface area (TPSA) is 69.2 Å². The fourth-order valence-corrected chi connectivity index (χ4v) is 3.27. The van der Waals surface area contributed by atoms with Crippen LogP contribution >= 0.6 is 11.3 Å². The van der Waals surface area contributed by atoms with Crippen molar-refractivity contribution in [2.75, 3.05) is 6.61 Å². The third-order valence-corrected chi connectivity index (χ3v) is 4.94. The molecule has 2 heterocycles. The highest BCUT2D eigenvalue weighted by Crippen LogP contribution is 2.21. The summed E-state index contributed by atoms with van der Waals surface area (Å²) >= 11 is 1.42. The molecule has 1 aromatic carbocycles. The Morgan fingerprint density at radius 3 is 2.56 bits per heavy atom. The standard InChI is InChI=1S/C21H20N2O3S/c1-14(2)15-6-8-16(9-7-15)19(24)12-26-20(25)11-17-13-27-21(23-17)18-5-3-4-10-22-18/h3-10,13-14H,11-12H2,1-2H3. The zero-order valence-electron chi connectivity index (χ0n) is 15.2. The van der Waals surface area contributed by atoms with Crippen molar-refractivity contribution in [1.82, 2.24) is 9.97 Å². The number of pyridine rings is 1. The van der Waals surface area contributed by atoms with Gasteiger partial charge in [0.2, 0.25) is 0 Å². The molecule has 5 nitrogen and oxygen atoms in total. The van der Waals surface area contributed by atoms with Gasteiger partial charge in [-0.25, -0.2) is 4.98 Å². The quantitative estimate of drug-likeness (QED) is 0.452. The molecule has 0 aliphatic carbocycles. The van der Waals surface area contributed by atoms with Gasteiger partial charge in [-0.1, -0.05) is 44.2 Å². The first-order valence-corrected chi connectivity index (χ1v) is 9.55. The van der Waals surface area contributed by atoms with Crippen LogP contribution in [0, 0.1) is 0 Å². The third-order valence-electron chi connectivity index (χ3n) is 4.02. The van der Waals surface area contributed by atoms with Gasteiger partial charge in [-0.3, -0.25) is 14.6 Å². The van der Waals surface area contributed by atoms with Crippen molar-refractivity contribution in [3.05, 3.63) is 70.9 Å². The van der Waals surface area contributed by atoms with Crippen LogP contribution < -0.4 is 0 Å². The summed E-state index contributed by atoms with van der Waals surface area (Å²) in [5.41, 5.74) is 3.08. The number of aromatic nitrogens is 2. The van der Waals surface area contributed by atoms with Gasteiger partial charge in [0.15, 0.2) is 12.4 Å². The first kappa shape index (κ1) is 18.9. The lowest BCUT2D eigenvalue weighted by Gasteiger charge is -2.07. The second kappa shape index (κ2) is 8.68. The van der Waals surface area contributed by atoms with Crippen LogP contribution in [0.1, 0.15) is 41.4 Å². The second-order valence-corrected chi connectivity index (χ2v) is 7.25. The largest absolute Gasteiger partial charge is 0.457 e. The Hall–Kier alpha value is -2.86. The van der Waals surface area contributed by atoms with Crippen molar-refractivity contribution in [2.45, 2.75) is 26.2 Å². The normalized spacial score (nSPS) is 10.8. The first-order chi connectivity index (χ1) is 13.0. The predicted octanol–water partition coefficient (Wildman–Crippen LogP) is 4.30. The second-order valence-electron chi connectivity index (χ2n) is 6.40. The number of rotatable bonds is 7. The Balaban J connectivity index is 1.52. The van der Waals surface area contributed by atoms with E-state index in [-0.39, 0.29) is 18.8 Å². The molecule has 3 rings (SSSR count). The van der Waals surface area contributed by atoms with Crippen molar-refractivity contribution in [3.63, 3.8) is 0 Å². The summed E-state index contributed by atoms with van der Waals surface area (Å²) in [6.45, 7) is 3.92. The number of nitrogens with zero attached hydrogens (tertiary/aromatic N) is 2. The van der Waals surface area contributed by atoms with Crippen molar-refractivity contribution in [2.24, 2.45) is 0 Å². The maximum Gasteiger partial charge on any atom is 0.312 e. The summed E-state index contributed by atoms with van der Waals surface area (Å²) in [7, 11) is 0. The Bertz CT molecular complexity index is 918. The van der Waals surface area contributed by atoms with Gasteiger partial charge in [-0.2, -0.15) is 0 Å². The minimum absolute atomic E-state index is 0.0307. The van der Waals surface area contributed by atoms with Gasteiger partial charge in [-0.05, 0) is 23.6 Å². The van der Waals surface area contributed by atoms with Crippen molar-refractivity contribution in [3.8, 4) is 10.7 Å². The van der Waals surface area contributed by atoms with E-state index in [0.29, 0.717) is 17.2 Å². The maximum atomic E-state index is 12.2. The molecule has 0 bridgehead atoms. The molecular formula is C21H20N2O3S. The number of ketones is 1. The van der Waals surface area contributed by atoms with E-state index in [1.165, 1.54) is 11.3 Å². The van der Waals surface area contributed by atoms with Gasteiger partial charge >= 0.3 is 5.97 Å². The van der Waals surface area contributed by atoms with Crippen LogP contribution in [0.15, 0.2) is 54.0 Å². The minimum Gasteiger partial charge on any atom is -0.457 e. The molecule has 3 aromatic rings. The van der Waals surface area contributed by atoms with Crippen LogP contribution in [0.25, 0.3) is 10.7 Å². The molecule has 138 valence electrons. The van der Waals surface area contributed by atoms with E-state index in [1.54, 1.807) is 23.7 Å². The zero-order valence-corrected chi connectivity index (χ0v) is 16.0. The highest BCUT2D eigenvalue weighted by Gasteiger charge is 2.13. The molecule has 0 atom stereocenters. The highest BCUT2D eigenvalue weighted by molar-refractivity contribution is 7.13. The molecule has 0 aliphatic heterocycles. The lowest BCUT2D eigenvalue weighted by atomic mass is 10.0. The Morgan fingerprint density at radius 1 is 1.11 bits per heavy atom. The van der Waals surface area contributed by atoms with Crippen LogP contribution in [0.4, 0.5) is 0 Å². The predicted molar refractivity (Wildman–Crippen MR) is 105 cm³/mol. The van der Waals surface area contributed by atoms with Crippen LogP contribution in [-0.4, -0.2) is 28.3 Å². The number of benzene rings is 1. The molecule has 0 amide bonds. The molecule has 6 heteroatoms. The smallest absolute Gasteiger partial charge is 0.312 e. The first-order valence-electron chi connectivity index (χ1n) is 8.67. The molecule has 2 aromatic heterocycles. The molecule has 0 fully saturated rings. The molecule has 0 aliphatic rings. The Labute approximate surface area is 162 Å². The Morgan fingerprint density at radius 2 is 1.89 bits per heavy atom. The van der Waals surface area contributed by atoms with E-state index in [9.17, 15) is 9.59 Å². The van der Waals surface area contributed by atoms with Crippen LogP contribution in [0.5, 0.6) is 0 Å². The van der Waals surface area contributed by atoms with E-state index >= 15 is 0 Å². The molecular weight excluding hydrogens is 360 g/mol. The molecule has 0 spiro atoms. The number of esters is 1. The van der Waals surface area contributed by atoms with Gasteiger partial charge < -0.3 is 4.74 Å². The fraction of sp³-hybridized carbons (Fsp3) is 0.238. The van der Waals surface area contributed by atoms with Crippen molar-refractivity contribution < 1.29 is 14.3 Å². The third kappa shape index (κ3) is 5.08. The van der Waals surface area contributed by atoms with Crippen molar-refractivity contribution in [1.29, 1.82) is 0 Å². The zero-order chi connectivity index (χ0) is 19.2. The van der Waals surface area contributed by atoms with E-state index < -0.39 is 5.97 Å². The highest BCUT2D eigenvalue weighted by atomic mass is 32.1. The Kier molecular flexibility index (Phi) is 6.08. The van der Waals surface area contributed by atoms with Gasteiger partial charge in [0.1, 0.15) is 5.01 Å². The van der Waals surface area contributed by atoms with Gasteiger partial charge in [0.25, 0.3) is 0 Å². The summed E-state index contributed by atoms with van der Waals surface area (Å²) < 4.78 is 5.12. The maximum absolute atomic E-state index is 12.2. The summed E-state index contributed by atoms with van der Waals surface area (Å²) in [6, 6.07) is 13.0. The average Bonchev–Trinajstić information content (AvgIpc) is 3.15.